The lowest BCUT2D eigenvalue weighted by Crippen LogP contribution is -2.32. The van der Waals surface area contributed by atoms with E-state index in [4.69, 9.17) is 22.9 Å². The number of rotatable bonds is 6. The van der Waals surface area contributed by atoms with Crippen molar-refractivity contribution in [2.24, 2.45) is 11.8 Å². The van der Waals surface area contributed by atoms with Crippen LogP contribution in [-0.4, -0.2) is 30.7 Å². The van der Waals surface area contributed by atoms with E-state index in [1.165, 1.54) is 35.3 Å². The minimum Gasteiger partial charge on any atom is -0.465 e. The molecule has 0 amide bonds. The van der Waals surface area contributed by atoms with Crippen molar-refractivity contribution in [3.63, 3.8) is 0 Å². The van der Waals surface area contributed by atoms with Gasteiger partial charge in [-0.05, 0) is 79.1 Å². The number of halogens is 2. The van der Waals surface area contributed by atoms with Crippen LogP contribution in [0, 0.1) is 35.6 Å². The third-order valence-electron chi connectivity index (χ3n) is 9.57. The van der Waals surface area contributed by atoms with Crippen LogP contribution in [0.3, 0.4) is 0 Å². The number of fused-ring (bicyclic) bond motifs is 3. The van der Waals surface area contributed by atoms with Gasteiger partial charge in [-0.2, -0.15) is 5.26 Å². The zero-order valence-electron chi connectivity index (χ0n) is 25.2. The highest BCUT2D eigenvalue weighted by Crippen LogP contribution is 2.52. The Hall–Kier alpha value is -4.96. The Labute approximate surface area is 276 Å². The topological polar surface area (TPSA) is 93.5 Å². The number of nitrogens with zero attached hydrogens (tertiary/aromatic N) is 3. The summed E-state index contributed by atoms with van der Waals surface area (Å²) in [5.74, 6) is -0.757. The third kappa shape index (κ3) is 4.98. The van der Waals surface area contributed by atoms with Crippen LogP contribution in [0.1, 0.15) is 41.6 Å². The number of ether oxygens (including phenoxy) is 1. The Kier molecular flexibility index (Phi) is 7.63. The molecule has 10 heteroatoms. The predicted molar refractivity (Wildman–Crippen MR) is 179 cm³/mol. The molecule has 0 aliphatic heterocycles. The highest BCUT2D eigenvalue weighted by atomic mass is 35.5. The summed E-state index contributed by atoms with van der Waals surface area (Å²) in [7, 11) is -2.78. The molecule has 1 aromatic heterocycles. The minimum absolute atomic E-state index is 0.0165. The Balaban J connectivity index is 1.57. The molecule has 2 aliphatic carbocycles. The van der Waals surface area contributed by atoms with Crippen LogP contribution in [-0.2, 0) is 14.8 Å². The molecular formula is C37H27ClFN3O4S. The van der Waals surface area contributed by atoms with Gasteiger partial charge in [0, 0.05) is 38.2 Å². The molecule has 7 rings (SSSR count). The molecule has 7 nitrogen and oxygen atoms in total. The van der Waals surface area contributed by atoms with Crippen molar-refractivity contribution in [2.75, 3.05) is 7.11 Å². The minimum atomic E-state index is -4.06. The number of carbonyl (C=O) groups excluding carboxylic acids is 1. The van der Waals surface area contributed by atoms with Gasteiger partial charge >= 0.3 is 5.97 Å². The third-order valence-corrected chi connectivity index (χ3v) is 12.1. The van der Waals surface area contributed by atoms with Gasteiger partial charge in [0.25, 0.3) is 0 Å². The number of benzene rings is 4. The molecule has 0 saturated heterocycles. The van der Waals surface area contributed by atoms with E-state index < -0.39 is 27.1 Å². The van der Waals surface area contributed by atoms with E-state index in [9.17, 15) is 18.5 Å². The molecule has 0 N–H and O–H groups in total. The van der Waals surface area contributed by atoms with Crippen molar-refractivity contribution in [3.8, 4) is 39.6 Å². The first-order chi connectivity index (χ1) is 22.7. The van der Waals surface area contributed by atoms with Crippen molar-refractivity contribution in [1.29, 1.82) is 5.26 Å². The molecule has 0 radical (unpaired) electrons. The monoisotopic (exact) mass is 663 g/mol. The fourth-order valence-corrected chi connectivity index (χ4v) is 10.2. The molecule has 2 bridgehead atoms. The largest absolute Gasteiger partial charge is 0.465 e. The Morgan fingerprint density at radius 1 is 1.02 bits per heavy atom. The molecule has 2 aliphatic rings. The summed E-state index contributed by atoms with van der Waals surface area (Å²) in [6.07, 6.45) is 3.24. The van der Waals surface area contributed by atoms with E-state index in [2.05, 4.69) is 10.9 Å². The molecular weight excluding hydrogens is 637 g/mol. The number of aromatic nitrogens is 1. The van der Waals surface area contributed by atoms with E-state index in [1.807, 2.05) is 6.07 Å². The molecule has 1 heterocycles. The maximum Gasteiger partial charge on any atom is 0.337 e. The summed E-state index contributed by atoms with van der Waals surface area (Å²) in [4.78, 5) is 15.8. The normalized spacial score (nSPS) is 18.6. The first-order valence-electron chi connectivity index (χ1n) is 15.1. The molecule has 5 aromatic rings. The molecule has 2 fully saturated rings. The van der Waals surface area contributed by atoms with Crippen molar-refractivity contribution in [1.82, 2.24) is 3.97 Å². The smallest absolute Gasteiger partial charge is 0.337 e. The summed E-state index contributed by atoms with van der Waals surface area (Å²) in [6, 6.07) is 22.8. The average Bonchev–Trinajstić information content (AvgIpc) is 3.81. The second kappa shape index (κ2) is 11.7. The van der Waals surface area contributed by atoms with Crippen LogP contribution in [0.5, 0.6) is 0 Å². The lowest BCUT2D eigenvalue weighted by molar-refractivity contribution is 0.0600. The fourth-order valence-electron chi connectivity index (χ4n) is 7.52. The first-order valence-corrected chi connectivity index (χ1v) is 17.0. The van der Waals surface area contributed by atoms with Gasteiger partial charge in [0.1, 0.15) is 5.82 Å². The summed E-state index contributed by atoms with van der Waals surface area (Å²) in [5, 5.41) is 10.1. The number of carbonyl (C=O) groups is 1. The number of nitriles is 1. The molecule has 47 heavy (non-hydrogen) atoms. The number of esters is 1. The van der Waals surface area contributed by atoms with Crippen molar-refractivity contribution >= 4 is 44.2 Å². The Morgan fingerprint density at radius 3 is 2.49 bits per heavy atom. The number of hydrogen-bond acceptors (Lipinski definition) is 5. The van der Waals surface area contributed by atoms with Gasteiger partial charge in [-0.25, -0.2) is 26.4 Å². The van der Waals surface area contributed by atoms with E-state index in [0.29, 0.717) is 34.6 Å². The predicted octanol–water partition coefficient (Wildman–Crippen LogP) is 9.01. The van der Waals surface area contributed by atoms with Gasteiger partial charge < -0.3 is 4.74 Å². The molecule has 2 saturated carbocycles. The van der Waals surface area contributed by atoms with Crippen LogP contribution >= 0.6 is 11.6 Å². The van der Waals surface area contributed by atoms with Gasteiger partial charge in [-0.3, -0.25) is 0 Å². The quantitative estimate of drug-likeness (QED) is 0.134. The SMILES string of the molecule is [C-]#[N+]c1cccc(C#N)c1-c1c(-c2cccc(-c3ccc(C(=O)OC)cc3Cl)c2)n(S(=O)(=O)C2CC3CCC2C3)c2ccc(F)cc12. The second-order valence-electron chi connectivity index (χ2n) is 12.1. The molecule has 3 atom stereocenters. The molecule has 4 aromatic carbocycles. The Morgan fingerprint density at radius 2 is 1.81 bits per heavy atom. The van der Waals surface area contributed by atoms with Crippen molar-refractivity contribution in [2.45, 2.75) is 30.9 Å². The standard InChI is InChI=1S/C37H27ClFN3O4S/c1-41-31-8-4-7-26(20-40)34(31)35-29-19-27(39)12-14-32(29)42(47(44,45)33-16-21-9-10-23(33)15-21)36(35)24-6-3-5-22(17-24)28-13-11-25(18-30(28)38)37(43)46-2/h3-8,11-14,17-19,21,23,33H,9-10,15-16H2,2H3. The summed E-state index contributed by atoms with van der Waals surface area (Å²) < 4.78 is 51.0. The van der Waals surface area contributed by atoms with Crippen LogP contribution < -0.4 is 0 Å². The maximum absolute atomic E-state index is 15.1. The number of hydrogen-bond donors (Lipinski definition) is 0. The zero-order valence-corrected chi connectivity index (χ0v) is 26.8. The zero-order chi connectivity index (χ0) is 33.0. The van der Waals surface area contributed by atoms with Gasteiger partial charge in [-0.1, -0.05) is 54.4 Å². The summed E-state index contributed by atoms with van der Waals surface area (Å²) in [5.41, 5.74) is 3.32. The number of methoxy groups -OCH3 is 1. The van der Waals surface area contributed by atoms with E-state index >= 15 is 4.39 Å². The van der Waals surface area contributed by atoms with E-state index in [0.717, 1.165) is 19.3 Å². The van der Waals surface area contributed by atoms with Gasteiger partial charge in [0.05, 0.1) is 41.8 Å². The van der Waals surface area contributed by atoms with E-state index in [-0.39, 0.29) is 49.9 Å². The maximum atomic E-state index is 15.1. The highest BCUT2D eigenvalue weighted by molar-refractivity contribution is 7.90. The molecule has 3 unspecified atom stereocenters. The fraction of sp³-hybridized carbons (Fsp3) is 0.216. The van der Waals surface area contributed by atoms with Gasteiger partial charge in [0.15, 0.2) is 5.69 Å². The second-order valence-corrected chi connectivity index (χ2v) is 14.5. The van der Waals surface area contributed by atoms with Gasteiger partial charge in [0.2, 0.25) is 10.0 Å². The van der Waals surface area contributed by atoms with Crippen molar-refractivity contribution in [3.05, 3.63) is 112 Å². The lowest BCUT2D eigenvalue weighted by atomic mass is 9.92. The van der Waals surface area contributed by atoms with Gasteiger partial charge in [-0.15, -0.1) is 0 Å². The summed E-state index contributed by atoms with van der Waals surface area (Å²) in [6.45, 7) is 7.95. The van der Waals surface area contributed by atoms with Crippen LogP contribution in [0.15, 0.2) is 78.9 Å². The highest BCUT2D eigenvalue weighted by Gasteiger charge is 2.48. The average molecular weight is 664 g/mol. The van der Waals surface area contributed by atoms with Crippen LogP contribution in [0.25, 0.3) is 49.3 Å². The molecule has 234 valence electrons. The lowest BCUT2D eigenvalue weighted by Gasteiger charge is -2.24. The first kappa shape index (κ1) is 30.7. The van der Waals surface area contributed by atoms with Crippen LogP contribution in [0.4, 0.5) is 10.1 Å². The van der Waals surface area contributed by atoms with Crippen molar-refractivity contribution < 1.29 is 22.3 Å². The summed E-state index contributed by atoms with van der Waals surface area (Å²) >= 11 is 6.66. The Bertz CT molecular complexity index is 2290. The van der Waals surface area contributed by atoms with Crippen LogP contribution in [0.2, 0.25) is 5.02 Å². The van der Waals surface area contributed by atoms with E-state index in [1.54, 1.807) is 48.5 Å². The molecule has 0 spiro atoms.